The Hall–Kier alpha value is -2.78. The quantitative estimate of drug-likeness (QED) is 0.269. The zero-order valence-corrected chi connectivity index (χ0v) is 25.6. The molecular formula is C29H32Cl3N3O4S. The summed E-state index contributed by atoms with van der Waals surface area (Å²) in [5.74, 6) is -0.927. The van der Waals surface area contributed by atoms with E-state index in [9.17, 15) is 18.0 Å². The van der Waals surface area contributed by atoms with E-state index in [1.54, 1.807) is 24.3 Å². The molecule has 3 aromatic carbocycles. The Morgan fingerprint density at radius 2 is 1.52 bits per heavy atom. The van der Waals surface area contributed by atoms with Gasteiger partial charge in [-0.15, -0.1) is 0 Å². The second-order valence-electron chi connectivity index (χ2n) is 9.54. The lowest BCUT2D eigenvalue weighted by Gasteiger charge is -2.34. The largest absolute Gasteiger partial charge is 0.352 e. The van der Waals surface area contributed by atoms with Crippen molar-refractivity contribution < 1.29 is 18.0 Å². The second kappa shape index (κ2) is 14.2. The highest BCUT2D eigenvalue weighted by Crippen LogP contribution is 2.31. The molecule has 0 heterocycles. The van der Waals surface area contributed by atoms with Crippen LogP contribution in [0.4, 0.5) is 5.69 Å². The van der Waals surface area contributed by atoms with Gasteiger partial charge in [0.05, 0.1) is 17.0 Å². The first-order chi connectivity index (χ1) is 18.9. The van der Waals surface area contributed by atoms with Crippen LogP contribution in [0.15, 0.2) is 72.8 Å². The summed E-state index contributed by atoms with van der Waals surface area (Å²) >= 11 is 18.5. The number of amides is 2. The van der Waals surface area contributed by atoms with Crippen LogP contribution in [0.3, 0.4) is 0 Å². The molecule has 0 unspecified atom stereocenters. The summed E-state index contributed by atoms with van der Waals surface area (Å²) in [5, 5.41) is 3.88. The summed E-state index contributed by atoms with van der Waals surface area (Å²) in [5.41, 5.74) is 1.64. The Morgan fingerprint density at radius 3 is 2.12 bits per heavy atom. The third-order valence-electron chi connectivity index (χ3n) is 6.39. The van der Waals surface area contributed by atoms with Gasteiger partial charge in [-0.25, -0.2) is 8.42 Å². The molecule has 0 aliphatic rings. The number of hydrogen-bond donors (Lipinski definition) is 1. The van der Waals surface area contributed by atoms with Crippen molar-refractivity contribution in [1.29, 1.82) is 0 Å². The number of halogens is 3. The Bertz CT molecular complexity index is 1420. The highest BCUT2D eigenvalue weighted by molar-refractivity contribution is 7.92. The van der Waals surface area contributed by atoms with Gasteiger partial charge in [0.1, 0.15) is 12.6 Å². The number of nitrogens with zero attached hydrogens (tertiary/aromatic N) is 2. The molecule has 11 heteroatoms. The second-order valence-corrected chi connectivity index (χ2v) is 12.7. The molecule has 2 amide bonds. The first kappa shape index (κ1) is 31.7. The number of benzene rings is 3. The zero-order valence-electron chi connectivity index (χ0n) is 22.5. The predicted octanol–water partition coefficient (Wildman–Crippen LogP) is 5.97. The standard InChI is InChI=1S/C29H32Cl3N3O4S/c1-4-20(2)33-29(37)27(16-21-8-6-5-7-9-21)34(18-22-10-12-23(30)13-11-22)28(36)19-35(40(3,38)39)26-17-24(31)14-15-25(26)32/h5-15,17,20,27H,4,16,18-19H2,1-3H3,(H,33,37)/t20-,27-/m1/s1. The van der Waals surface area contributed by atoms with Gasteiger partial charge < -0.3 is 10.2 Å². The van der Waals surface area contributed by atoms with E-state index >= 15 is 0 Å². The number of anilines is 1. The molecule has 40 heavy (non-hydrogen) atoms. The van der Waals surface area contributed by atoms with Crippen LogP contribution in [-0.2, 0) is 32.6 Å². The molecule has 0 aliphatic carbocycles. The van der Waals surface area contributed by atoms with Gasteiger partial charge in [0, 0.05) is 29.1 Å². The van der Waals surface area contributed by atoms with Crippen LogP contribution in [0.2, 0.25) is 15.1 Å². The summed E-state index contributed by atoms with van der Waals surface area (Å²) < 4.78 is 26.7. The number of nitrogens with one attached hydrogen (secondary N) is 1. The molecule has 214 valence electrons. The Balaban J connectivity index is 2.08. The van der Waals surface area contributed by atoms with Gasteiger partial charge in [-0.2, -0.15) is 0 Å². The lowest BCUT2D eigenvalue weighted by molar-refractivity contribution is -0.140. The monoisotopic (exact) mass is 623 g/mol. The average molecular weight is 625 g/mol. The van der Waals surface area contributed by atoms with E-state index in [2.05, 4.69) is 5.32 Å². The maximum Gasteiger partial charge on any atom is 0.244 e. The molecule has 0 bridgehead atoms. The number of rotatable bonds is 12. The molecule has 0 saturated heterocycles. The van der Waals surface area contributed by atoms with Crippen LogP contribution in [0, 0.1) is 0 Å². The number of sulfonamides is 1. The van der Waals surface area contributed by atoms with Crippen molar-refractivity contribution in [1.82, 2.24) is 10.2 Å². The fourth-order valence-electron chi connectivity index (χ4n) is 4.05. The SMILES string of the molecule is CC[C@@H](C)NC(=O)[C@@H](Cc1ccccc1)N(Cc1ccc(Cl)cc1)C(=O)CN(c1cc(Cl)ccc1Cl)S(C)(=O)=O. The van der Waals surface area contributed by atoms with Crippen LogP contribution >= 0.6 is 34.8 Å². The van der Waals surface area contributed by atoms with Crippen LogP contribution in [0.1, 0.15) is 31.4 Å². The number of carbonyl (C=O) groups is 2. The van der Waals surface area contributed by atoms with Crippen molar-refractivity contribution in [3.05, 3.63) is 99.0 Å². The van der Waals surface area contributed by atoms with E-state index in [4.69, 9.17) is 34.8 Å². The van der Waals surface area contributed by atoms with Gasteiger partial charge in [0.25, 0.3) is 0 Å². The number of hydrogen-bond acceptors (Lipinski definition) is 4. The van der Waals surface area contributed by atoms with Crippen molar-refractivity contribution in [2.75, 3.05) is 17.1 Å². The lowest BCUT2D eigenvalue weighted by Crippen LogP contribution is -2.54. The molecule has 2 atom stereocenters. The van der Waals surface area contributed by atoms with Gasteiger partial charge in [-0.3, -0.25) is 13.9 Å². The third-order valence-corrected chi connectivity index (χ3v) is 8.33. The molecule has 1 N–H and O–H groups in total. The molecule has 0 spiro atoms. The molecule has 0 fully saturated rings. The number of carbonyl (C=O) groups excluding carboxylic acids is 2. The minimum Gasteiger partial charge on any atom is -0.352 e. The van der Waals surface area contributed by atoms with Gasteiger partial charge in [-0.05, 0) is 54.8 Å². The van der Waals surface area contributed by atoms with Crippen molar-refractivity contribution in [2.45, 2.75) is 45.3 Å². The van der Waals surface area contributed by atoms with Gasteiger partial charge in [0.2, 0.25) is 21.8 Å². The topological polar surface area (TPSA) is 86.8 Å². The zero-order chi connectivity index (χ0) is 29.4. The van der Waals surface area contributed by atoms with Crippen LogP contribution in [-0.4, -0.2) is 50.0 Å². The van der Waals surface area contributed by atoms with Crippen molar-refractivity contribution in [3.8, 4) is 0 Å². The normalized spacial score (nSPS) is 12.8. The summed E-state index contributed by atoms with van der Waals surface area (Å²) in [4.78, 5) is 29.1. The molecule has 0 aromatic heterocycles. The average Bonchev–Trinajstić information content (AvgIpc) is 2.91. The minimum absolute atomic E-state index is 0.0440. The molecule has 3 rings (SSSR count). The Labute approximate surface area is 251 Å². The molecule has 7 nitrogen and oxygen atoms in total. The lowest BCUT2D eigenvalue weighted by atomic mass is 10.0. The third kappa shape index (κ3) is 8.86. The van der Waals surface area contributed by atoms with E-state index in [0.717, 1.165) is 21.7 Å². The van der Waals surface area contributed by atoms with Crippen LogP contribution in [0.5, 0.6) is 0 Å². The van der Waals surface area contributed by atoms with Gasteiger partial charge in [0.15, 0.2) is 0 Å². The highest BCUT2D eigenvalue weighted by atomic mass is 35.5. The van der Waals surface area contributed by atoms with Crippen molar-refractivity contribution in [2.24, 2.45) is 0 Å². The summed E-state index contributed by atoms with van der Waals surface area (Å²) in [7, 11) is -3.97. The van der Waals surface area contributed by atoms with Crippen molar-refractivity contribution in [3.63, 3.8) is 0 Å². The molecule has 0 radical (unpaired) electrons. The minimum atomic E-state index is -3.97. The fraction of sp³-hybridized carbons (Fsp3) is 0.310. The predicted molar refractivity (Wildman–Crippen MR) is 162 cm³/mol. The Morgan fingerprint density at radius 1 is 0.900 bits per heavy atom. The van der Waals surface area contributed by atoms with Crippen LogP contribution < -0.4 is 9.62 Å². The van der Waals surface area contributed by atoms with Crippen molar-refractivity contribution >= 4 is 62.3 Å². The Kier molecular flexibility index (Phi) is 11.3. The van der Waals surface area contributed by atoms with Gasteiger partial charge >= 0.3 is 0 Å². The smallest absolute Gasteiger partial charge is 0.244 e. The molecule has 3 aromatic rings. The van der Waals surface area contributed by atoms with Crippen LogP contribution in [0.25, 0.3) is 0 Å². The van der Waals surface area contributed by atoms with E-state index in [0.29, 0.717) is 11.4 Å². The summed E-state index contributed by atoms with van der Waals surface area (Å²) in [6, 6.07) is 19.6. The van der Waals surface area contributed by atoms with E-state index in [1.807, 2.05) is 44.2 Å². The fourth-order valence-corrected chi connectivity index (χ4v) is 5.47. The molecular weight excluding hydrogens is 593 g/mol. The first-order valence-corrected chi connectivity index (χ1v) is 15.7. The van der Waals surface area contributed by atoms with Gasteiger partial charge in [-0.1, -0.05) is 84.2 Å². The van der Waals surface area contributed by atoms with E-state index in [1.165, 1.54) is 23.1 Å². The highest BCUT2D eigenvalue weighted by Gasteiger charge is 2.34. The molecule has 0 saturated carbocycles. The first-order valence-electron chi connectivity index (χ1n) is 12.7. The summed E-state index contributed by atoms with van der Waals surface area (Å²) in [6.07, 6.45) is 1.90. The van der Waals surface area contributed by atoms with E-state index in [-0.39, 0.29) is 40.6 Å². The summed E-state index contributed by atoms with van der Waals surface area (Å²) in [6.45, 7) is 3.29. The maximum absolute atomic E-state index is 14.1. The molecule has 0 aliphatic heterocycles. The maximum atomic E-state index is 14.1. The van der Waals surface area contributed by atoms with E-state index < -0.39 is 28.5 Å².